The van der Waals surface area contributed by atoms with Crippen molar-refractivity contribution < 1.29 is 5.21 Å². The molecule has 0 saturated heterocycles. The van der Waals surface area contributed by atoms with Crippen LogP contribution in [-0.2, 0) is 0 Å². The third-order valence-electron chi connectivity index (χ3n) is 3.15. The summed E-state index contributed by atoms with van der Waals surface area (Å²) in [6.45, 7) is 3.83. The van der Waals surface area contributed by atoms with Crippen LogP contribution in [0.4, 0.5) is 5.69 Å². The van der Waals surface area contributed by atoms with Crippen molar-refractivity contribution in [1.29, 1.82) is 0 Å². The highest BCUT2D eigenvalue weighted by Gasteiger charge is 2.29. The maximum absolute atomic E-state index is 8.86. The normalized spacial score (nSPS) is 16.1. The van der Waals surface area contributed by atoms with Gasteiger partial charge in [-0.15, -0.1) is 0 Å². The van der Waals surface area contributed by atoms with E-state index in [1.54, 1.807) is 0 Å². The van der Waals surface area contributed by atoms with Crippen molar-refractivity contribution >= 4 is 11.5 Å². The molecule has 1 aliphatic carbocycles. The van der Waals surface area contributed by atoms with Crippen LogP contribution in [0, 0.1) is 13.8 Å². The number of pyridine rings is 1. The van der Waals surface area contributed by atoms with Gasteiger partial charge in [0.1, 0.15) is 0 Å². The molecule has 1 fully saturated rings. The second kappa shape index (κ2) is 4.24. The minimum Gasteiger partial charge on any atom is -0.409 e. The van der Waals surface area contributed by atoms with Crippen LogP contribution < -0.4 is 10.6 Å². The molecule has 1 heterocycles. The van der Waals surface area contributed by atoms with Gasteiger partial charge >= 0.3 is 0 Å². The van der Waals surface area contributed by atoms with Crippen molar-refractivity contribution in [3.05, 3.63) is 23.0 Å². The molecule has 1 aromatic heterocycles. The third-order valence-corrected chi connectivity index (χ3v) is 3.15. The Balaban J connectivity index is 2.54. The van der Waals surface area contributed by atoms with Gasteiger partial charge < -0.3 is 15.8 Å². The summed E-state index contributed by atoms with van der Waals surface area (Å²) in [5.41, 5.74) is 9.20. The van der Waals surface area contributed by atoms with Gasteiger partial charge in [0, 0.05) is 18.8 Å². The van der Waals surface area contributed by atoms with Crippen LogP contribution in [0.25, 0.3) is 0 Å². The van der Waals surface area contributed by atoms with Crippen molar-refractivity contribution in [1.82, 2.24) is 4.98 Å². The van der Waals surface area contributed by atoms with Crippen LogP contribution in [-0.4, -0.2) is 29.1 Å². The van der Waals surface area contributed by atoms with Gasteiger partial charge in [-0.25, -0.2) is 0 Å². The second-order valence-corrected chi connectivity index (χ2v) is 4.57. The number of anilines is 1. The van der Waals surface area contributed by atoms with Crippen LogP contribution in [0.1, 0.15) is 29.8 Å². The molecule has 1 aromatic rings. The molecule has 3 N–H and O–H groups in total. The third kappa shape index (κ3) is 2.18. The number of aromatic nitrogens is 1. The van der Waals surface area contributed by atoms with Crippen molar-refractivity contribution in [3.63, 3.8) is 0 Å². The summed E-state index contributed by atoms with van der Waals surface area (Å²) in [5.74, 6) is 0.123. The summed E-state index contributed by atoms with van der Waals surface area (Å²) in [6.07, 6.45) is 2.40. The summed E-state index contributed by atoms with van der Waals surface area (Å²) in [4.78, 5) is 6.56. The molecule has 1 aliphatic rings. The highest BCUT2D eigenvalue weighted by molar-refractivity contribution is 6.03. The number of hydrogen-bond acceptors (Lipinski definition) is 4. The Kier molecular flexibility index (Phi) is 2.92. The average molecular weight is 234 g/mol. The minimum absolute atomic E-state index is 0.123. The van der Waals surface area contributed by atoms with E-state index in [-0.39, 0.29) is 5.84 Å². The van der Waals surface area contributed by atoms with Crippen LogP contribution in [0.15, 0.2) is 11.2 Å². The van der Waals surface area contributed by atoms with E-state index in [4.69, 9.17) is 10.9 Å². The van der Waals surface area contributed by atoms with Crippen LogP contribution in [0.5, 0.6) is 0 Å². The molecule has 17 heavy (non-hydrogen) atoms. The van der Waals surface area contributed by atoms with Gasteiger partial charge in [-0.2, -0.15) is 0 Å². The summed E-state index contributed by atoms with van der Waals surface area (Å²) in [6, 6.07) is 2.56. The van der Waals surface area contributed by atoms with Crippen molar-refractivity contribution in [2.45, 2.75) is 32.7 Å². The largest absolute Gasteiger partial charge is 0.409 e. The molecule has 0 aliphatic heterocycles. The van der Waals surface area contributed by atoms with Gasteiger partial charge in [0.15, 0.2) is 5.84 Å². The number of nitrogens with two attached hydrogens (primary N) is 1. The maximum Gasteiger partial charge on any atom is 0.174 e. The standard InChI is InChI=1S/C12H18N4O/c1-7-6-10(16(3)9-4-5-9)11(8(2)14-7)12(13)15-17/h6,9,17H,4-5H2,1-3H3,(H2,13,15). The minimum atomic E-state index is 0.123. The van der Waals surface area contributed by atoms with Gasteiger partial charge in [-0.05, 0) is 32.8 Å². The number of oxime groups is 1. The second-order valence-electron chi connectivity index (χ2n) is 4.57. The maximum atomic E-state index is 8.86. The van der Waals surface area contributed by atoms with Gasteiger partial charge in [0.05, 0.1) is 16.9 Å². The molecule has 0 radical (unpaired) electrons. The zero-order valence-electron chi connectivity index (χ0n) is 10.4. The van der Waals surface area contributed by atoms with Gasteiger partial charge in [-0.3, -0.25) is 4.98 Å². The van der Waals surface area contributed by atoms with E-state index in [1.807, 2.05) is 27.0 Å². The Morgan fingerprint density at radius 1 is 1.53 bits per heavy atom. The van der Waals surface area contributed by atoms with Crippen molar-refractivity contribution in [3.8, 4) is 0 Å². The highest BCUT2D eigenvalue weighted by Crippen LogP contribution is 2.33. The Hall–Kier alpha value is -1.78. The molecule has 0 atom stereocenters. The predicted molar refractivity (Wildman–Crippen MR) is 67.6 cm³/mol. The highest BCUT2D eigenvalue weighted by atomic mass is 16.4. The number of amidine groups is 1. The average Bonchev–Trinajstić information content (AvgIpc) is 3.10. The molecule has 1 saturated carbocycles. The van der Waals surface area contributed by atoms with Crippen LogP contribution >= 0.6 is 0 Å². The quantitative estimate of drug-likeness (QED) is 0.359. The predicted octanol–water partition coefficient (Wildman–Crippen LogP) is 1.39. The molecule has 0 aromatic carbocycles. The van der Waals surface area contributed by atoms with Gasteiger partial charge in [0.25, 0.3) is 0 Å². The van der Waals surface area contributed by atoms with Crippen molar-refractivity contribution in [2.24, 2.45) is 10.9 Å². The molecule has 0 unspecified atom stereocenters. The fraction of sp³-hybridized carbons (Fsp3) is 0.500. The summed E-state index contributed by atoms with van der Waals surface area (Å²) in [5, 5.41) is 12.0. The molecule has 0 amide bonds. The van der Waals surface area contributed by atoms with E-state index in [0.29, 0.717) is 6.04 Å². The summed E-state index contributed by atoms with van der Waals surface area (Å²) < 4.78 is 0. The summed E-state index contributed by atoms with van der Waals surface area (Å²) >= 11 is 0. The molecule has 2 rings (SSSR count). The number of hydrogen-bond donors (Lipinski definition) is 2. The zero-order valence-corrected chi connectivity index (χ0v) is 10.4. The zero-order chi connectivity index (χ0) is 12.6. The molecular weight excluding hydrogens is 216 g/mol. The molecule has 0 bridgehead atoms. The lowest BCUT2D eigenvalue weighted by Gasteiger charge is -2.23. The lowest BCUT2D eigenvalue weighted by atomic mass is 10.1. The monoisotopic (exact) mass is 234 g/mol. The molecular formula is C12H18N4O. The first-order chi connectivity index (χ1) is 8.04. The van der Waals surface area contributed by atoms with Crippen LogP contribution in [0.3, 0.4) is 0 Å². The van der Waals surface area contributed by atoms with E-state index in [9.17, 15) is 0 Å². The Morgan fingerprint density at radius 3 is 2.71 bits per heavy atom. The van der Waals surface area contributed by atoms with E-state index in [2.05, 4.69) is 15.0 Å². The lowest BCUT2D eigenvalue weighted by Crippen LogP contribution is -2.26. The SMILES string of the molecule is Cc1cc(N(C)C2CC2)c(/C(N)=N/O)c(C)n1. The first kappa shape index (κ1) is 11.7. The number of rotatable bonds is 3. The Labute approximate surface area is 101 Å². The topological polar surface area (TPSA) is 74.7 Å². The Bertz CT molecular complexity index is 466. The van der Waals surface area contributed by atoms with Crippen molar-refractivity contribution in [2.75, 3.05) is 11.9 Å². The number of aryl methyl sites for hydroxylation is 2. The van der Waals surface area contributed by atoms with E-state index >= 15 is 0 Å². The van der Waals surface area contributed by atoms with E-state index < -0.39 is 0 Å². The Morgan fingerprint density at radius 2 is 2.18 bits per heavy atom. The lowest BCUT2D eigenvalue weighted by molar-refractivity contribution is 0.318. The summed E-state index contributed by atoms with van der Waals surface area (Å²) in [7, 11) is 2.04. The van der Waals surface area contributed by atoms with Crippen LogP contribution in [0.2, 0.25) is 0 Å². The molecule has 5 nitrogen and oxygen atoms in total. The first-order valence-electron chi connectivity index (χ1n) is 5.73. The molecule has 0 spiro atoms. The van der Waals surface area contributed by atoms with Gasteiger partial charge in [-0.1, -0.05) is 5.16 Å². The van der Waals surface area contributed by atoms with E-state index in [1.165, 1.54) is 12.8 Å². The fourth-order valence-corrected chi connectivity index (χ4v) is 2.11. The molecule has 5 heteroatoms. The smallest absolute Gasteiger partial charge is 0.174 e. The fourth-order valence-electron chi connectivity index (χ4n) is 2.11. The number of nitrogens with zero attached hydrogens (tertiary/aromatic N) is 3. The molecule has 92 valence electrons. The van der Waals surface area contributed by atoms with E-state index in [0.717, 1.165) is 22.6 Å². The first-order valence-corrected chi connectivity index (χ1v) is 5.73. The van der Waals surface area contributed by atoms with Gasteiger partial charge in [0.2, 0.25) is 0 Å².